The number of carbonyl (C=O) groups excluding carboxylic acids is 3. The Labute approximate surface area is 267 Å². The van der Waals surface area contributed by atoms with E-state index in [1.807, 2.05) is 18.7 Å². The van der Waals surface area contributed by atoms with Crippen molar-refractivity contribution in [3.63, 3.8) is 0 Å². The number of esters is 1. The van der Waals surface area contributed by atoms with E-state index in [-0.39, 0.29) is 63.3 Å². The lowest BCUT2D eigenvalue weighted by Gasteiger charge is -2.34. The van der Waals surface area contributed by atoms with E-state index in [1.54, 1.807) is 6.92 Å². The third-order valence-corrected chi connectivity index (χ3v) is 6.80. The highest BCUT2D eigenvalue weighted by molar-refractivity contribution is 5.91. The van der Waals surface area contributed by atoms with Gasteiger partial charge in [-0.05, 0) is 32.1 Å². The Balaban J connectivity index is 1.40. The number of ether oxygens (including phenoxy) is 6. The molecule has 15 heteroatoms. The summed E-state index contributed by atoms with van der Waals surface area (Å²) in [4.78, 5) is 39.1. The van der Waals surface area contributed by atoms with Gasteiger partial charge in [-0.25, -0.2) is 8.78 Å². The minimum atomic E-state index is -1.80. The monoisotopic (exact) mass is 666 g/mol. The Kier molecular flexibility index (Phi) is 18.0. The lowest BCUT2D eigenvalue weighted by molar-refractivity contribution is -0.141. The van der Waals surface area contributed by atoms with Crippen molar-refractivity contribution < 1.29 is 60.4 Å². The number of nitrogens with zero attached hydrogens (tertiary/aromatic N) is 1. The van der Waals surface area contributed by atoms with Crippen LogP contribution in [0.15, 0.2) is 6.07 Å². The summed E-state index contributed by atoms with van der Waals surface area (Å²) in [5, 5.41) is 2.94. The van der Waals surface area contributed by atoms with Gasteiger partial charge in [-0.2, -0.15) is 8.78 Å². The van der Waals surface area contributed by atoms with Crippen molar-refractivity contribution in [1.29, 1.82) is 0 Å². The molecule has 2 amide bonds. The highest BCUT2D eigenvalue weighted by Crippen LogP contribution is 2.27. The van der Waals surface area contributed by atoms with Crippen LogP contribution in [0.4, 0.5) is 17.6 Å². The SMILES string of the molecule is CC(C)C[C@](C)(NC(=O)CCOCCOCCOCCOCCOCCC(=O)Oc1c(F)c(F)cc(F)c1F)C(=O)N1CCCC1. The maximum absolute atomic E-state index is 13.5. The van der Waals surface area contributed by atoms with Crippen molar-refractivity contribution in [3.8, 4) is 5.75 Å². The van der Waals surface area contributed by atoms with Gasteiger partial charge in [-0.1, -0.05) is 13.8 Å². The van der Waals surface area contributed by atoms with Crippen LogP contribution < -0.4 is 10.1 Å². The van der Waals surface area contributed by atoms with Crippen LogP contribution in [0.5, 0.6) is 5.75 Å². The number of hydrogen-bond acceptors (Lipinski definition) is 9. The zero-order chi connectivity index (χ0) is 34.0. The molecule has 2 rings (SSSR count). The zero-order valence-electron chi connectivity index (χ0n) is 26.8. The average Bonchev–Trinajstić information content (AvgIpc) is 3.54. The van der Waals surface area contributed by atoms with Crippen molar-refractivity contribution in [2.75, 3.05) is 79.2 Å². The molecule has 1 aliphatic heterocycles. The molecule has 0 bridgehead atoms. The van der Waals surface area contributed by atoms with E-state index in [9.17, 15) is 31.9 Å². The number of amides is 2. The number of nitrogens with one attached hydrogen (secondary N) is 1. The van der Waals surface area contributed by atoms with Crippen LogP contribution in [-0.4, -0.2) is 107 Å². The molecule has 0 aliphatic carbocycles. The van der Waals surface area contributed by atoms with Gasteiger partial charge in [0.2, 0.25) is 29.2 Å². The van der Waals surface area contributed by atoms with Gasteiger partial charge in [-0.15, -0.1) is 0 Å². The topological polar surface area (TPSA) is 122 Å². The first kappa shape index (κ1) is 39.3. The van der Waals surface area contributed by atoms with E-state index in [0.29, 0.717) is 39.5 Å². The van der Waals surface area contributed by atoms with Crippen molar-refractivity contribution in [1.82, 2.24) is 10.2 Å². The number of rotatable bonds is 23. The van der Waals surface area contributed by atoms with Crippen LogP contribution in [0.2, 0.25) is 0 Å². The van der Waals surface area contributed by atoms with Crippen molar-refractivity contribution in [3.05, 3.63) is 29.3 Å². The van der Waals surface area contributed by atoms with Crippen molar-refractivity contribution >= 4 is 17.8 Å². The summed E-state index contributed by atoms with van der Waals surface area (Å²) in [5.74, 6) is -9.53. The minimum Gasteiger partial charge on any atom is -0.420 e. The number of benzene rings is 1. The van der Waals surface area contributed by atoms with Gasteiger partial charge < -0.3 is 38.6 Å². The average molecular weight is 667 g/mol. The fourth-order valence-corrected chi connectivity index (χ4v) is 4.76. The smallest absolute Gasteiger partial charge is 0.313 e. The van der Waals surface area contributed by atoms with E-state index in [0.717, 1.165) is 25.9 Å². The predicted molar refractivity (Wildman–Crippen MR) is 157 cm³/mol. The van der Waals surface area contributed by atoms with Gasteiger partial charge in [0, 0.05) is 25.6 Å². The molecular formula is C31H46F4N2O9. The molecule has 1 aromatic rings. The molecule has 0 aromatic heterocycles. The molecule has 0 spiro atoms. The quantitative estimate of drug-likeness (QED) is 0.0615. The van der Waals surface area contributed by atoms with E-state index in [4.69, 9.17) is 23.7 Å². The van der Waals surface area contributed by atoms with E-state index < -0.39 is 46.9 Å². The summed E-state index contributed by atoms with van der Waals surface area (Å²) in [6.07, 6.45) is 2.28. The lowest BCUT2D eigenvalue weighted by Crippen LogP contribution is -2.58. The van der Waals surface area contributed by atoms with Crippen LogP contribution in [0.1, 0.15) is 52.9 Å². The molecule has 1 aliphatic rings. The molecule has 1 aromatic carbocycles. The Morgan fingerprint density at radius 2 is 1.20 bits per heavy atom. The second-order valence-corrected chi connectivity index (χ2v) is 11.3. The van der Waals surface area contributed by atoms with Gasteiger partial charge in [-0.3, -0.25) is 14.4 Å². The van der Waals surface area contributed by atoms with Gasteiger partial charge in [0.1, 0.15) is 5.54 Å². The second-order valence-electron chi connectivity index (χ2n) is 11.3. The van der Waals surface area contributed by atoms with Crippen LogP contribution >= 0.6 is 0 Å². The molecule has 1 heterocycles. The Bertz CT molecular complexity index is 1080. The molecular weight excluding hydrogens is 620 g/mol. The van der Waals surface area contributed by atoms with Gasteiger partial charge >= 0.3 is 5.97 Å². The summed E-state index contributed by atoms with van der Waals surface area (Å²) in [6, 6.07) is 0.0136. The fraction of sp³-hybridized carbons (Fsp3) is 0.710. The third-order valence-electron chi connectivity index (χ3n) is 6.80. The molecule has 1 atom stereocenters. The molecule has 1 saturated heterocycles. The molecule has 0 saturated carbocycles. The number of halogens is 4. The van der Waals surface area contributed by atoms with Crippen LogP contribution in [-0.2, 0) is 38.1 Å². The zero-order valence-corrected chi connectivity index (χ0v) is 26.8. The van der Waals surface area contributed by atoms with Gasteiger partial charge in [0.15, 0.2) is 11.6 Å². The standard InChI is InChI=1S/C31H46F4N2O9/c1-22(2)21-31(3,30(40)37-8-4-5-9-37)36-25(38)6-10-41-12-14-43-16-18-45-19-17-44-15-13-42-11-7-26(39)46-29-27(34)23(32)20-24(33)28(29)35/h20,22H,4-19,21H2,1-3H3,(H,36,38)/t31-/m0/s1. The first-order valence-electron chi connectivity index (χ1n) is 15.5. The molecule has 262 valence electrons. The summed E-state index contributed by atoms with van der Waals surface area (Å²) in [5.41, 5.74) is -0.931. The fourth-order valence-electron chi connectivity index (χ4n) is 4.76. The highest BCUT2D eigenvalue weighted by Gasteiger charge is 2.39. The molecule has 0 radical (unpaired) electrons. The number of carbonyl (C=O) groups is 3. The summed E-state index contributed by atoms with van der Waals surface area (Å²) in [7, 11) is 0. The molecule has 1 N–H and O–H groups in total. The van der Waals surface area contributed by atoms with Gasteiger partial charge in [0.05, 0.1) is 72.5 Å². The highest BCUT2D eigenvalue weighted by atomic mass is 19.2. The Morgan fingerprint density at radius 1 is 0.761 bits per heavy atom. The normalized spacial score (nSPS) is 14.5. The summed E-state index contributed by atoms with van der Waals surface area (Å²) < 4.78 is 84.5. The number of hydrogen-bond donors (Lipinski definition) is 1. The predicted octanol–water partition coefficient (Wildman–Crippen LogP) is 3.56. The molecule has 46 heavy (non-hydrogen) atoms. The lowest BCUT2D eigenvalue weighted by atomic mass is 9.89. The van der Waals surface area contributed by atoms with E-state index >= 15 is 0 Å². The minimum absolute atomic E-state index is 0.0136. The van der Waals surface area contributed by atoms with E-state index in [2.05, 4.69) is 10.1 Å². The molecule has 11 nitrogen and oxygen atoms in total. The van der Waals surface area contributed by atoms with Gasteiger partial charge in [0.25, 0.3) is 0 Å². The van der Waals surface area contributed by atoms with Crippen LogP contribution in [0.3, 0.4) is 0 Å². The maximum atomic E-state index is 13.5. The summed E-state index contributed by atoms with van der Waals surface area (Å²) >= 11 is 0. The molecule has 1 fully saturated rings. The van der Waals surface area contributed by atoms with E-state index in [1.165, 1.54) is 0 Å². The van der Waals surface area contributed by atoms with Crippen molar-refractivity contribution in [2.45, 2.75) is 58.4 Å². The van der Waals surface area contributed by atoms with Crippen LogP contribution in [0, 0.1) is 29.2 Å². The number of likely N-dealkylation sites (tertiary alicyclic amines) is 1. The molecule has 0 unspecified atom stereocenters. The first-order valence-corrected chi connectivity index (χ1v) is 15.5. The maximum Gasteiger partial charge on any atom is 0.313 e. The first-order chi connectivity index (χ1) is 21.9. The summed E-state index contributed by atoms with van der Waals surface area (Å²) in [6.45, 7) is 9.56. The Morgan fingerprint density at radius 3 is 1.65 bits per heavy atom. The van der Waals surface area contributed by atoms with Crippen LogP contribution in [0.25, 0.3) is 0 Å². The Hall–Kier alpha value is -2.85. The van der Waals surface area contributed by atoms with Crippen molar-refractivity contribution in [2.24, 2.45) is 5.92 Å². The second kappa shape index (κ2) is 21.1. The third kappa shape index (κ3) is 14.3. The largest absolute Gasteiger partial charge is 0.420 e.